The molecule has 0 aromatic heterocycles. The van der Waals surface area contributed by atoms with Gasteiger partial charge in [-0.2, -0.15) is 8.42 Å². The van der Waals surface area contributed by atoms with Gasteiger partial charge in [0.05, 0.1) is 12.3 Å². The van der Waals surface area contributed by atoms with Gasteiger partial charge in [-0.05, 0) is 30.6 Å². The first-order valence-corrected chi connectivity index (χ1v) is 9.13. The minimum atomic E-state index is -5.40. The Balaban J connectivity index is 5.96. The molecular weight excluding hydrogens is 356 g/mol. The van der Waals surface area contributed by atoms with Gasteiger partial charge in [0.25, 0.3) is 10.1 Å². The fourth-order valence-corrected chi connectivity index (χ4v) is 4.22. The van der Waals surface area contributed by atoms with E-state index < -0.39 is 51.5 Å². The van der Waals surface area contributed by atoms with Crippen molar-refractivity contribution in [3.05, 3.63) is 0 Å². The van der Waals surface area contributed by atoms with Crippen molar-refractivity contribution in [1.82, 2.24) is 0 Å². The number of hydrogen-bond donors (Lipinski definition) is 4. The summed E-state index contributed by atoms with van der Waals surface area (Å²) >= 11 is 0. The molecular formula is C15H26O9S. The van der Waals surface area contributed by atoms with Crippen molar-refractivity contribution in [3.63, 3.8) is 0 Å². The first kappa shape index (κ1) is 23.3. The Morgan fingerprint density at radius 2 is 1.52 bits per heavy atom. The third kappa shape index (κ3) is 6.28. The SMILES string of the molecule is CC(CCC(C(=O)O)(C(CC(=O)O)C(=O)O)S(=O)(=O)O)CC(C)(C)C. The van der Waals surface area contributed by atoms with Gasteiger partial charge in [0.2, 0.25) is 4.75 Å². The number of carbonyl (C=O) groups is 3. The quantitative estimate of drug-likeness (QED) is 0.411. The monoisotopic (exact) mass is 382 g/mol. The van der Waals surface area contributed by atoms with Gasteiger partial charge in [-0.15, -0.1) is 0 Å². The highest BCUT2D eigenvalue weighted by Crippen LogP contribution is 2.37. The van der Waals surface area contributed by atoms with Gasteiger partial charge in [-0.1, -0.05) is 27.7 Å². The Kier molecular flexibility index (Phi) is 7.59. The fraction of sp³-hybridized carbons (Fsp3) is 0.800. The van der Waals surface area contributed by atoms with E-state index in [1.807, 2.05) is 20.8 Å². The lowest BCUT2D eigenvalue weighted by atomic mass is 9.79. The highest BCUT2D eigenvalue weighted by molar-refractivity contribution is 7.88. The molecule has 0 rings (SSSR count). The number of carboxylic acid groups (broad SMARTS) is 3. The molecule has 0 bridgehead atoms. The highest BCUT2D eigenvalue weighted by atomic mass is 32.2. The van der Waals surface area contributed by atoms with E-state index in [-0.39, 0.29) is 17.8 Å². The molecule has 0 spiro atoms. The van der Waals surface area contributed by atoms with Gasteiger partial charge in [-0.25, -0.2) is 0 Å². The minimum absolute atomic E-state index is 0.00718. The van der Waals surface area contributed by atoms with E-state index in [0.717, 1.165) is 0 Å². The molecule has 0 amide bonds. The predicted octanol–water partition coefficient (Wildman–Crippen LogP) is 1.73. The molecule has 0 aromatic carbocycles. The lowest BCUT2D eigenvalue weighted by molar-refractivity contribution is -0.155. The summed E-state index contributed by atoms with van der Waals surface area (Å²) in [4.78, 5) is 34.0. The van der Waals surface area contributed by atoms with E-state index in [1.54, 1.807) is 6.92 Å². The Labute approximate surface area is 146 Å². The molecule has 25 heavy (non-hydrogen) atoms. The molecule has 0 saturated carbocycles. The van der Waals surface area contributed by atoms with Crippen molar-refractivity contribution in [2.24, 2.45) is 17.3 Å². The van der Waals surface area contributed by atoms with Crippen molar-refractivity contribution in [2.75, 3.05) is 0 Å². The standard InChI is InChI=1S/C15H26O9S/c1-9(8-14(2,3)4)5-6-15(13(20)21,25(22,23)24)10(12(18)19)7-11(16)17/h9-10H,5-8H2,1-4H3,(H,16,17)(H,18,19)(H,20,21)(H,22,23,24). The lowest BCUT2D eigenvalue weighted by Gasteiger charge is -2.32. The Morgan fingerprint density at radius 1 is 1.04 bits per heavy atom. The summed E-state index contributed by atoms with van der Waals surface area (Å²) in [6, 6.07) is 0. The van der Waals surface area contributed by atoms with Crippen LogP contribution >= 0.6 is 0 Å². The average molecular weight is 382 g/mol. The minimum Gasteiger partial charge on any atom is -0.481 e. The van der Waals surface area contributed by atoms with E-state index in [9.17, 15) is 37.6 Å². The van der Waals surface area contributed by atoms with Crippen LogP contribution in [-0.2, 0) is 24.5 Å². The summed E-state index contributed by atoms with van der Waals surface area (Å²) in [5.41, 5.74) is -0.128. The van der Waals surface area contributed by atoms with Crippen molar-refractivity contribution in [2.45, 2.75) is 58.1 Å². The summed E-state index contributed by atoms with van der Waals surface area (Å²) in [6.07, 6.45) is -1.35. The van der Waals surface area contributed by atoms with Gasteiger partial charge in [0.15, 0.2) is 0 Å². The molecule has 0 aliphatic heterocycles. The second-order valence-corrected chi connectivity index (χ2v) is 9.25. The topological polar surface area (TPSA) is 166 Å². The predicted molar refractivity (Wildman–Crippen MR) is 87.8 cm³/mol. The van der Waals surface area contributed by atoms with Crippen molar-refractivity contribution in [3.8, 4) is 0 Å². The number of rotatable bonds is 10. The van der Waals surface area contributed by atoms with E-state index >= 15 is 0 Å². The number of carboxylic acids is 3. The third-order valence-corrected chi connectivity index (χ3v) is 5.62. The molecule has 0 heterocycles. The maximum absolute atomic E-state index is 11.8. The van der Waals surface area contributed by atoms with Gasteiger partial charge in [0, 0.05) is 0 Å². The van der Waals surface area contributed by atoms with Crippen LogP contribution in [0.4, 0.5) is 0 Å². The van der Waals surface area contributed by atoms with Crippen molar-refractivity contribution in [1.29, 1.82) is 0 Å². The van der Waals surface area contributed by atoms with Gasteiger partial charge in [0.1, 0.15) is 0 Å². The maximum atomic E-state index is 11.8. The molecule has 0 saturated heterocycles. The Hall–Kier alpha value is -1.68. The van der Waals surface area contributed by atoms with Gasteiger partial charge in [-0.3, -0.25) is 18.9 Å². The summed E-state index contributed by atoms with van der Waals surface area (Å²) in [7, 11) is -5.40. The van der Waals surface area contributed by atoms with Crippen molar-refractivity contribution >= 4 is 28.0 Å². The zero-order chi connectivity index (χ0) is 20.2. The number of aliphatic carboxylic acids is 3. The molecule has 10 heteroatoms. The maximum Gasteiger partial charge on any atom is 0.328 e. The van der Waals surface area contributed by atoms with Gasteiger partial charge >= 0.3 is 17.9 Å². The molecule has 0 fully saturated rings. The zero-order valence-electron chi connectivity index (χ0n) is 14.7. The van der Waals surface area contributed by atoms with E-state index in [2.05, 4.69) is 0 Å². The van der Waals surface area contributed by atoms with Crippen LogP contribution in [0.25, 0.3) is 0 Å². The van der Waals surface area contributed by atoms with Crippen LogP contribution in [0, 0.1) is 17.3 Å². The Bertz CT molecular complexity index is 617. The molecule has 0 aliphatic rings. The van der Waals surface area contributed by atoms with E-state index in [4.69, 9.17) is 5.11 Å². The van der Waals surface area contributed by atoms with E-state index in [0.29, 0.717) is 6.42 Å². The van der Waals surface area contributed by atoms with Crippen LogP contribution in [0.5, 0.6) is 0 Å². The van der Waals surface area contributed by atoms with Crippen LogP contribution in [0.2, 0.25) is 0 Å². The zero-order valence-corrected chi connectivity index (χ0v) is 15.5. The van der Waals surface area contributed by atoms with Crippen LogP contribution < -0.4 is 0 Å². The molecule has 0 aromatic rings. The summed E-state index contributed by atoms with van der Waals surface area (Å²) < 4.78 is 30.1. The second-order valence-electron chi connectivity index (χ2n) is 7.57. The molecule has 0 radical (unpaired) electrons. The lowest BCUT2D eigenvalue weighted by Crippen LogP contribution is -2.55. The second kappa shape index (κ2) is 8.13. The summed E-state index contributed by atoms with van der Waals surface area (Å²) in [5.74, 6) is -8.15. The van der Waals surface area contributed by atoms with Gasteiger partial charge < -0.3 is 15.3 Å². The third-order valence-electron chi connectivity index (χ3n) is 4.03. The smallest absolute Gasteiger partial charge is 0.328 e. The molecule has 4 N–H and O–H groups in total. The molecule has 3 atom stereocenters. The van der Waals surface area contributed by atoms with Crippen molar-refractivity contribution < 1.29 is 42.7 Å². The van der Waals surface area contributed by atoms with Crippen LogP contribution in [0.15, 0.2) is 0 Å². The number of hydrogen-bond acceptors (Lipinski definition) is 5. The normalized spacial score (nSPS) is 17.3. The first-order chi connectivity index (χ1) is 11.0. The summed E-state index contributed by atoms with van der Waals surface area (Å²) in [6.45, 7) is 7.54. The largest absolute Gasteiger partial charge is 0.481 e. The van der Waals surface area contributed by atoms with E-state index in [1.165, 1.54) is 0 Å². The molecule has 3 unspecified atom stereocenters. The fourth-order valence-electron chi connectivity index (χ4n) is 3.08. The molecule has 146 valence electrons. The summed E-state index contributed by atoms with van der Waals surface area (Å²) in [5, 5.41) is 27.5. The highest BCUT2D eigenvalue weighted by Gasteiger charge is 2.59. The molecule has 9 nitrogen and oxygen atoms in total. The molecule has 0 aliphatic carbocycles. The Morgan fingerprint density at radius 3 is 1.80 bits per heavy atom. The van der Waals surface area contributed by atoms with Crippen LogP contribution in [0.3, 0.4) is 0 Å². The first-order valence-electron chi connectivity index (χ1n) is 7.69. The van der Waals surface area contributed by atoms with Crippen LogP contribution in [-0.4, -0.2) is 50.9 Å². The average Bonchev–Trinajstić information content (AvgIpc) is 2.32. The van der Waals surface area contributed by atoms with Crippen LogP contribution in [0.1, 0.15) is 53.4 Å².